The number of nitrogens with zero attached hydrogens (tertiary/aromatic N) is 2. The number of halogens is 1. The average molecular weight is 485 g/mol. The Kier molecular flexibility index (Phi) is 7.95. The minimum atomic E-state index is -0.573. The van der Waals surface area contributed by atoms with Crippen LogP contribution in [0.25, 0.3) is 5.70 Å². The molecule has 2 aliphatic heterocycles. The van der Waals surface area contributed by atoms with E-state index in [4.69, 9.17) is 26.1 Å². The first-order valence-corrected chi connectivity index (χ1v) is 12.2. The van der Waals surface area contributed by atoms with Gasteiger partial charge in [-0.15, -0.1) is 0 Å². The Morgan fingerprint density at radius 1 is 1.21 bits per heavy atom. The summed E-state index contributed by atoms with van der Waals surface area (Å²) < 4.78 is 10.9. The molecule has 2 saturated heterocycles. The second-order valence-corrected chi connectivity index (χ2v) is 9.42. The summed E-state index contributed by atoms with van der Waals surface area (Å²) in [6.45, 7) is 7.20. The van der Waals surface area contributed by atoms with Crippen molar-refractivity contribution in [3.63, 3.8) is 0 Å². The predicted octanol–water partition coefficient (Wildman–Crippen LogP) is 4.03. The number of carbonyl (C=O) groups is 1. The molecule has 0 spiro atoms. The van der Waals surface area contributed by atoms with Crippen molar-refractivity contribution in [1.29, 1.82) is 0 Å². The van der Waals surface area contributed by atoms with E-state index in [1.165, 1.54) is 0 Å². The van der Waals surface area contributed by atoms with E-state index in [1.54, 1.807) is 38.3 Å². The molecule has 0 saturated carbocycles. The minimum absolute atomic E-state index is 0.0882. The zero-order valence-corrected chi connectivity index (χ0v) is 20.6. The fourth-order valence-corrected chi connectivity index (χ4v) is 5.01. The molecule has 0 radical (unpaired) electrons. The van der Waals surface area contributed by atoms with Crippen LogP contribution in [0.5, 0.6) is 5.75 Å². The molecular weight excluding hydrogens is 452 g/mol. The van der Waals surface area contributed by atoms with E-state index in [-0.39, 0.29) is 11.9 Å². The molecule has 2 aromatic rings. The number of methoxy groups -OCH3 is 1. The van der Waals surface area contributed by atoms with Gasteiger partial charge in [-0.3, -0.25) is 4.79 Å². The number of ether oxygens (including phenoxy) is 2. The van der Waals surface area contributed by atoms with E-state index >= 15 is 0 Å². The van der Waals surface area contributed by atoms with E-state index in [9.17, 15) is 4.79 Å². The highest BCUT2D eigenvalue weighted by Crippen LogP contribution is 2.38. The van der Waals surface area contributed by atoms with Crippen LogP contribution in [-0.4, -0.2) is 55.4 Å². The van der Waals surface area contributed by atoms with E-state index in [0.29, 0.717) is 36.0 Å². The second-order valence-electron chi connectivity index (χ2n) is 8.99. The normalized spacial score (nSPS) is 22.2. The zero-order chi connectivity index (χ0) is 24.1. The number of fused-ring (bicyclic) bond motifs is 2. The monoisotopic (exact) mass is 484 g/mol. The average Bonchev–Trinajstić information content (AvgIpc) is 3.10. The van der Waals surface area contributed by atoms with Gasteiger partial charge in [0.25, 0.3) is 5.91 Å². The Morgan fingerprint density at radius 3 is 2.53 bits per heavy atom. The third kappa shape index (κ3) is 5.83. The Labute approximate surface area is 206 Å². The largest absolute Gasteiger partial charge is 0.481 e. The maximum Gasteiger partial charge on any atom is 0.260 e. The molecular formula is C26H33ClN4O3. The van der Waals surface area contributed by atoms with Gasteiger partial charge in [-0.1, -0.05) is 18.2 Å². The lowest BCUT2D eigenvalue weighted by atomic mass is 9.97. The van der Waals surface area contributed by atoms with Crippen molar-refractivity contribution in [3.8, 4) is 5.75 Å². The lowest BCUT2D eigenvalue weighted by Gasteiger charge is -2.40. The molecule has 1 amide bonds. The molecule has 3 unspecified atom stereocenters. The van der Waals surface area contributed by atoms with Gasteiger partial charge in [0, 0.05) is 54.3 Å². The summed E-state index contributed by atoms with van der Waals surface area (Å²) in [6.07, 6.45) is 5.35. The van der Waals surface area contributed by atoms with E-state index < -0.39 is 6.10 Å². The third-order valence-corrected chi connectivity index (χ3v) is 6.83. The van der Waals surface area contributed by atoms with Crippen LogP contribution in [0, 0.1) is 0 Å². The maximum atomic E-state index is 12.8. The van der Waals surface area contributed by atoms with Crippen LogP contribution >= 0.6 is 11.6 Å². The van der Waals surface area contributed by atoms with Gasteiger partial charge in [0.1, 0.15) is 11.6 Å². The molecule has 34 heavy (non-hydrogen) atoms. The van der Waals surface area contributed by atoms with Crippen LogP contribution in [-0.2, 0) is 9.53 Å². The maximum absolute atomic E-state index is 12.8. The van der Waals surface area contributed by atoms with Crippen LogP contribution in [0.4, 0.5) is 5.82 Å². The topological polar surface area (TPSA) is 75.7 Å². The molecule has 2 fully saturated rings. The minimum Gasteiger partial charge on any atom is -0.481 e. The first-order chi connectivity index (χ1) is 16.4. The van der Waals surface area contributed by atoms with Crippen LogP contribution in [0.1, 0.15) is 38.2 Å². The molecule has 0 aliphatic carbocycles. The highest BCUT2D eigenvalue weighted by atomic mass is 35.5. The number of nitrogens with one attached hydrogen (secondary N) is 2. The molecule has 8 heteroatoms. The molecule has 2 N–H and O–H groups in total. The number of benzene rings is 1. The summed E-state index contributed by atoms with van der Waals surface area (Å²) in [5.41, 5.74) is 1.82. The van der Waals surface area contributed by atoms with Gasteiger partial charge in [-0.25, -0.2) is 4.98 Å². The number of rotatable bonds is 10. The number of aromatic nitrogens is 1. The molecule has 1 aromatic carbocycles. The molecule has 7 nitrogen and oxygen atoms in total. The number of hydrogen-bond donors (Lipinski definition) is 2. The van der Waals surface area contributed by atoms with Gasteiger partial charge in [0.15, 0.2) is 6.10 Å². The molecule has 2 bridgehead atoms. The number of carbonyl (C=O) groups excluding carboxylic acids is 1. The smallest absolute Gasteiger partial charge is 0.260 e. The third-order valence-electron chi connectivity index (χ3n) is 6.58. The van der Waals surface area contributed by atoms with Crippen molar-refractivity contribution in [2.75, 3.05) is 25.2 Å². The molecule has 4 rings (SSSR count). The van der Waals surface area contributed by atoms with Crippen molar-refractivity contribution in [3.05, 3.63) is 59.8 Å². The van der Waals surface area contributed by atoms with Gasteiger partial charge in [0.2, 0.25) is 0 Å². The lowest BCUT2D eigenvalue weighted by Crippen LogP contribution is -2.52. The quantitative estimate of drug-likeness (QED) is 0.496. The SMILES string of the molecule is C=C(NCCOC)c1ccc(N2C3CCC2CC(NC(=O)C(C)Oc2ccc(Cl)cc2)C3)nc1. The van der Waals surface area contributed by atoms with Crippen molar-refractivity contribution >= 4 is 29.0 Å². The van der Waals surface area contributed by atoms with Crippen molar-refractivity contribution in [2.24, 2.45) is 0 Å². The molecule has 3 heterocycles. The van der Waals surface area contributed by atoms with E-state index in [0.717, 1.165) is 42.8 Å². The van der Waals surface area contributed by atoms with Crippen LogP contribution in [0.2, 0.25) is 5.02 Å². The van der Waals surface area contributed by atoms with Gasteiger partial charge in [0.05, 0.1) is 6.61 Å². The molecule has 1 aromatic heterocycles. The summed E-state index contributed by atoms with van der Waals surface area (Å²) >= 11 is 5.92. The number of anilines is 1. The molecule has 2 aliphatic rings. The van der Waals surface area contributed by atoms with E-state index in [1.807, 2.05) is 6.20 Å². The van der Waals surface area contributed by atoms with Crippen LogP contribution in [0.3, 0.4) is 0 Å². The van der Waals surface area contributed by atoms with Crippen LogP contribution < -0.4 is 20.3 Å². The van der Waals surface area contributed by atoms with Crippen molar-refractivity contribution < 1.29 is 14.3 Å². The lowest BCUT2D eigenvalue weighted by molar-refractivity contribution is -0.128. The predicted molar refractivity (Wildman–Crippen MR) is 135 cm³/mol. The van der Waals surface area contributed by atoms with Gasteiger partial charge in [-0.2, -0.15) is 0 Å². The Balaban J connectivity index is 1.31. The standard InChI is InChI=1S/C26H33ClN4O3/c1-17(28-12-13-33-3)19-4-11-25(29-16-19)31-22-7-8-23(31)15-21(14-22)30-26(32)18(2)34-24-9-5-20(27)6-10-24/h4-6,9-11,16,18,21-23,28H,1,7-8,12-15H2,2-3H3,(H,30,32). The second kappa shape index (κ2) is 11.1. The fraction of sp³-hybridized carbons (Fsp3) is 0.462. The Bertz CT molecular complexity index is 969. The van der Waals surface area contributed by atoms with Crippen LogP contribution in [0.15, 0.2) is 49.2 Å². The molecule has 3 atom stereocenters. The fourth-order valence-electron chi connectivity index (χ4n) is 4.88. The number of amides is 1. The van der Waals surface area contributed by atoms with Gasteiger partial charge < -0.3 is 25.0 Å². The summed E-state index contributed by atoms with van der Waals surface area (Å²) in [7, 11) is 1.68. The Morgan fingerprint density at radius 2 is 1.91 bits per heavy atom. The first kappa shape index (κ1) is 24.4. The van der Waals surface area contributed by atoms with Crippen molar-refractivity contribution in [2.45, 2.75) is 56.8 Å². The summed E-state index contributed by atoms with van der Waals surface area (Å²) in [5.74, 6) is 1.54. The molecule has 182 valence electrons. The Hall–Kier alpha value is -2.77. The van der Waals surface area contributed by atoms with Gasteiger partial charge >= 0.3 is 0 Å². The highest BCUT2D eigenvalue weighted by Gasteiger charge is 2.42. The summed E-state index contributed by atoms with van der Waals surface area (Å²) in [6, 6.07) is 12.1. The zero-order valence-electron chi connectivity index (χ0n) is 19.8. The van der Waals surface area contributed by atoms with E-state index in [2.05, 4.69) is 34.2 Å². The van der Waals surface area contributed by atoms with Crippen molar-refractivity contribution in [1.82, 2.24) is 15.6 Å². The number of piperidine rings is 1. The van der Waals surface area contributed by atoms with Gasteiger partial charge in [-0.05, 0) is 69.0 Å². The number of pyridine rings is 1. The number of hydrogen-bond acceptors (Lipinski definition) is 6. The summed E-state index contributed by atoms with van der Waals surface area (Å²) in [5, 5.41) is 7.09. The first-order valence-electron chi connectivity index (χ1n) is 11.8. The summed E-state index contributed by atoms with van der Waals surface area (Å²) in [4.78, 5) is 19.9. The highest BCUT2D eigenvalue weighted by molar-refractivity contribution is 6.30.